The molecule has 3 rings (SSSR count). The van der Waals surface area contributed by atoms with Crippen molar-refractivity contribution in [3.8, 4) is 0 Å². The summed E-state index contributed by atoms with van der Waals surface area (Å²) in [7, 11) is 0. The van der Waals surface area contributed by atoms with E-state index in [1.54, 1.807) is 0 Å². The molecule has 0 N–H and O–H groups in total. The van der Waals surface area contributed by atoms with E-state index >= 15 is 0 Å². The molecule has 144 valence electrons. The van der Waals surface area contributed by atoms with Crippen LogP contribution in [0.3, 0.4) is 0 Å². The second-order valence-electron chi connectivity index (χ2n) is 8.64. The molecule has 1 saturated heterocycles. The van der Waals surface area contributed by atoms with Crippen LogP contribution in [-0.2, 0) is 10.3 Å². The zero-order chi connectivity index (χ0) is 19.7. The largest absolute Gasteiger partial charge is 0.438 e. The van der Waals surface area contributed by atoms with Gasteiger partial charge in [0.2, 0.25) is 0 Å². The van der Waals surface area contributed by atoms with Crippen LogP contribution in [0.2, 0.25) is 0 Å². The number of carbonyl (C=O) groups excluding carboxylic acids is 1. The van der Waals surface area contributed by atoms with Crippen LogP contribution in [0, 0.1) is 5.41 Å². The van der Waals surface area contributed by atoms with Gasteiger partial charge in [0.25, 0.3) is 0 Å². The van der Waals surface area contributed by atoms with Gasteiger partial charge in [0.1, 0.15) is 5.60 Å². The molecule has 0 unspecified atom stereocenters. The quantitative estimate of drug-likeness (QED) is 0.541. The Bertz CT molecular complexity index is 782. The fourth-order valence-electron chi connectivity index (χ4n) is 3.97. The minimum Gasteiger partial charge on any atom is -0.438 e. The van der Waals surface area contributed by atoms with E-state index in [9.17, 15) is 4.79 Å². The number of benzene rings is 2. The molecule has 2 aromatic carbocycles. The van der Waals surface area contributed by atoms with Gasteiger partial charge in [-0.1, -0.05) is 79.2 Å². The Hall–Kier alpha value is -1.81. The topological polar surface area (TPSA) is 29.5 Å². The van der Waals surface area contributed by atoms with Crippen molar-refractivity contribution in [2.24, 2.45) is 5.41 Å². The molecule has 27 heavy (non-hydrogen) atoms. The lowest BCUT2D eigenvalue weighted by Gasteiger charge is -2.46. The second-order valence-corrected chi connectivity index (χ2v) is 9.55. The first-order valence-corrected chi connectivity index (χ1v) is 10.3. The van der Waals surface area contributed by atoms with Gasteiger partial charge >= 0.3 is 6.09 Å². The normalized spacial score (nSPS) is 21.7. The molecule has 0 aliphatic carbocycles. The van der Waals surface area contributed by atoms with Crippen molar-refractivity contribution in [1.29, 1.82) is 0 Å². The lowest BCUT2D eigenvalue weighted by Crippen LogP contribution is -2.50. The molecule has 0 saturated carbocycles. The van der Waals surface area contributed by atoms with Gasteiger partial charge in [-0.05, 0) is 42.0 Å². The number of hydrogen-bond donors (Lipinski definition) is 0. The van der Waals surface area contributed by atoms with Gasteiger partial charge in [-0.2, -0.15) is 0 Å². The van der Waals surface area contributed by atoms with Crippen LogP contribution < -0.4 is 0 Å². The number of halogens is 1. The van der Waals surface area contributed by atoms with Crippen LogP contribution in [0.5, 0.6) is 0 Å². The summed E-state index contributed by atoms with van der Waals surface area (Å²) in [5.74, 6) is 0. The van der Waals surface area contributed by atoms with Crippen LogP contribution in [-0.4, -0.2) is 17.5 Å². The standard InChI is InChI=1S/C23H28BrNO2/c1-17(18-10-12-20(24)13-11-18)25-15-14-23(27-21(25)26,16-22(2,3)4)19-8-6-5-7-9-19/h5-13,17H,14-16H2,1-4H3/t17-,23-/m0/s1. The van der Waals surface area contributed by atoms with Crippen LogP contribution >= 0.6 is 15.9 Å². The number of hydrogen-bond acceptors (Lipinski definition) is 2. The Kier molecular flexibility index (Phi) is 5.66. The van der Waals surface area contributed by atoms with Crippen LogP contribution in [0.15, 0.2) is 59.1 Å². The Morgan fingerprint density at radius 1 is 1.11 bits per heavy atom. The molecule has 1 heterocycles. The van der Waals surface area contributed by atoms with Crippen molar-refractivity contribution >= 4 is 22.0 Å². The summed E-state index contributed by atoms with van der Waals surface area (Å²) in [6.45, 7) is 9.33. The molecule has 1 aliphatic rings. The Morgan fingerprint density at radius 2 is 1.74 bits per heavy atom. The number of ether oxygens (including phenoxy) is 1. The predicted octanol–water partition coefficient (Wildman–Crippen LogP) is 6.68. The van der Waals surface area contributed by atoms with Gasteiger partial charge in [-0.3, -0.25) is 0 Å². The van der Waals surface area contributed by atoms with E-state index in [4.69, 9.17) is 4.74 Å². The summed E-state index contributed by atoms with van der Waals surface area (Å²) < 4.78 is 7.23. The van der Waals surface area contributed by atoms with Crippen molar-refractivity contribution in [3.63, 3.8) is 0 Å². The third-order valence-corrected chi connectivity index (χ3v) is 5.74. The summed E-state index contributed by atoms with van der Waals surface area (Å²) in [5, 5.41) is 0. The van der Waals surface area contributed by atoms with Gasteiger partial charge in [0.05, 0.1) is 6.04 Å². The molecular weight excluding hydrogens is 402 g/mol. The summed E-state index contributed by atoms with van der Waals surface area (Å²) in [6.07, 6.45) is 1.36. The first kappa shape index (κ1) is 19.9. The minimum absolute atomic E-state index is 0.0194. The molecule has 3 nitrogen and oxygen atoms in total. The highest BCUT2D eigenvalue weighted by Gasteiger charge is 2.45. The van der Waals surface area contributed by atoms with Gasteiger partial charge in [0.15, 0.2) is 0 Å². The molecule has 2 aromatic rings. The fraction of sp³-hybridized carbons (Fsp3) is 0.435. The van der Waals surface area contributed by atoms with E-state index in [1.807, 2.05) is 35.2 Å². The molecule has 1 fully saturated rings. The van der Waals surface area contributed by atoms with Crippen LogP contribution in [0.1, 0.15) is 57.7 Å². The van der Waals surface area contributed by atoms with E-state index in [0.717, 1.165) is 28.4 Å². The molecule has 1 aliphatic heterocycles. The third kappa shape index (κ3) is 4.55. The molecule has 0 spiro atoms. The zero-order valence-electron chi connectivity index (χ0n) is 16.5. The highest BCUT2D eigenvalue weighted by Crippen LogP contribution is 2.44. The summed E-state index contributed by atoms with van der Waals surface area (Å²) in [6, 6.07) is 18.3. The Morgan fingerprint density at radius 3 is 2.30 bits per heavy atom. The third-order valence-electron chi connectivity index (χ3n) is 5.21. The minimum atomic E-state index is -0.563. The highest BCUT2D eigenvalue weighted by atomic mass is 79.9. The highest BCUT2D eigenvalue weighted by molar-refractivity contribution is 9.10. The number of amides is 1. The zero-order valence-corrected chi connectivity index (χ0v) is 18.1. The van der Waals surface area contributed by atoms with E-state index in [0.29, 0.717) is 6.54 Å². The average Bonchev–Trinajstić information content (AvgIpc) is 2.61. The van der Waals surface area contributed by atoms with E-state index in [1.165, 1.54) is 0 Å². The number of rotatable bonds is 4. The monoisotopic (exact) mass is 429 g/mol. The fourth-order valence-corrected chi connectivity index (χ4v) is 4.23. The van der Waals surface area contributed by atoms with Crippen molar-refractivity contribution in [1.82, 2.24) is 4.90 Å². The molecule has 4 heteroatoms. The molecular formula is C23H28BrNO2. The van der Waals surface area contributed by atoms with Crippen molar-refractivity contribution < 1.29 is 9.53 Å². The van der Waals surface area contributed by atoms with Gasteiger partial charge in [-0.15, -0.1) is 0 Å². The van der Waals surface area contributed by atoms with Crippen LogP contribution in [0.25, 0.3) is 0 Å². The maximum absolute atomic E-state index is 13.0. The second kappa shape index (κ2) is 7.67. The van der Waals surface area contributed by atoms with E-state index < -0.39 is 5.60 Å². The average molecular weight is 430 g/mol. The van der Waals surface area contributed by atoms with Crippen molar-refractivity contribution in [2.75, 3.05) is 6.54 Å². The number of carbonyl (C=O) groups is 1. The molecule has 0 aromatic heterocycles. The van der Waals surface area contributed by atoms with E-state index in [-0.39, 0.29) is 17.6 Å². The Balaban J connectivity index is 1.85. The molecule has 0 radical (unpaired) electrons. The van der Waals surface area contributed by atoms with Gasteiger partial charge in [-0.25, -0.2) is 4.79 Å². The lowest BCUT2D eigenvalue weighted by molar-refractivity contribution is -0.0805. The van der Waals surface area contributed by atoms with Gasteiger partial charge in [0, 0.05) is 17.4 Å². The summed E-state index contributed by atoms with van der Waals surface area (Å²) in [4.78, 5) is 14.9. The predicted molar refractivity (Wildman–Crippen MR) is 113 cm³/mol. The summed E-state index contributed by atoms with van der Waals surface area (Å²) in [5.41, 5.74) is 1.68. The van der Waals surface area contributed by atoms with Crippen molar-refractivity contribution in [3.05, 3.63) is 70.2 Å². The van der Waals surface area contributed by atoms with E-state index in [2.05, 4.69) is 67.9 Å². The maximum Gasteiger partial charge on any atom is 0.411 e. The smallest absolute Gasteiger partial charge is 0.411 e. The van der Waals surface area contributed by atoms with Crippen LogP contribution in [0.4, 0.5) is 4.79 Å². The molecule has 1 amide bonds. The lowest BCUT2D eigenvalue weighted by atomic mass is 9.75. The first-order valence-electron chi connectivity index (χ1n) is 9.51. The Labute approximate surface area is 170 Å². The summed E-state index contributed by atoms with van der Waals surface area (Å²) >= 11 is 3.47. The number of cyclic esters (lactones) is 1. The van der Waals surface area contributed by atoms with Crippen molar-refractivity contribution in [2.45, 2.75) is 52.2 Å². The first-order chi connectivity index (χ1) is 12.7. The van der Waals surface area contributed by atoms with Gasteiger partial charge < -0.3 is 9.64 Å². The number of nitrogens with zero attached hydrogens (tertiary/aromatic N) is 1. The molecule has 2 atom stereocenters. The maximum atomic E-state index is 13.0. The SMILES string of the molecule is C[C@@H](c1ccc(Br)cc1)N1CC[C@](CC(C)(C)C)(c2ccccc2)OC1=O. The molecule has 0 bridgehead atoms.